The molecule has 110 valence electrons. The average molecular weight is 277 g/mol. The van der Waals surface area contributed by atoms with Gasteiger partial charge in [-0.3, -0.25) is 4.79 Å². The number of hydrogen-bond acceptors (Lipinski definition) is 4. The Morgan fingerprint density at radius 1 is 1.50 bits per heavy atom. The van der Waals surface area contributed by atoms with Crippen molar-refractivity contribution in [2.75, 3.05) is 27.2 Å². The zero-order chi connectivity index (χ0) is 14.7. The van der Waals surface area contributed by atoms with Gasteiger partial charge in [-0.1, -0.05) is 18.2 Å². The first kappa shape index (κ1) is 14.8. The van der Waals surface area contributed by atoms with E-state index in [0.717, 1.165) is 17.9 Å². The van der Waals surface area contributed by atoms with E-state index in [1.807, 2.05) is 43.3 Å². The lowest BCUT2D eigenvalue weighted by Crippen LogP contribution is -2.51. The molecule has 0 spiro atoms. The largest absolute Gasteiger partial charge is 0.491 e. The van der Waals surface area contributed by atoms with Crippen LogP contribution in [-0.2, 0) is 11.3 Å². The van der Waals surface area contributed by atoms with Crippen LogP contribution in [0.4, 0.5) is 0 Å². The van der Waals surface area contributed by atoms with E-state index in [2.05, 4.69) is 4.90 Å². The number of carbonyl (C=O) groups is 1. The van der Waals surface area contributed by atoms with Gasteiger partial charge in [-0.25, -0.2) is 0 Å². The normalized spacial score (nSPS) is 20.1. The van der Waals surface area contributed by atoms with E-state index in [1.165, 1.54) is 0 Å². The standard InChI is InChI=1S/C15H23N3O2/c1-11(16)15(19)18-8-12-6-4-5-7-14(12)20-10-13(18)9-17(2)3/h4-7,11,13H,8-10,16H2,1-3H3/t11-,13+/m1/s1. The van der Waals surface area contributed by atoms with Crippen molar-refractivity contribution in [2.45, 2.75) is 25.6 Å². The van der Waals surface area contributed by atoms with Crippen LogP contribution >= 0.6 is 0 Å². The summed E-state index contributed by atoms with van der Waals surface area (Å²) < 4.78 is 5.86. The number of fused-ring (bicyclic) bond motifs is 1. The van der Waals surface area contributed by atoms with Crippen molar-refractivity contribution in [3.63, 3.8) is 0 Å². The Morgan fingerprint density at radius 3 is 2.85 bits per heavy atom. The molecule has 0 bridgehead atoms. The SMILES string of the molecule is C[C@@H](N)C(=O)N1Cc2ccccc2OC[C@@H]1CN(C)C. The molecule has 0 fully saturated rings. The minimum atomic E-state index is -0.495. The van der Waals surface area contributed by atoms with Crippen molar-refractivity contribution in [1.82, 2.24) is 9.80 Å². The van der Waals surface area contributed by atoms with Gasteiger partial charge in [0.25, 0.3) is 0 Å². The van der Waals surface area contributed by atoms with Crippen molar-refractivity contribution < 1.29 is 9.53 Å². The van der Waals surface area contributed by atoms with Crippen LogP contribution in [0.5, 0.6) is 5.75 Å². The fourth-order valence-corrected chi connectivity index (χ4v) is 2.46. The molecule has 1 aliphatic rings. The molecule has 2 N–H and O–H groups in total. The number of benzene rings is 1. The van der Waals surface area contributed by atoms with E-state index < -0.39 is 6.04 Å². The van der Waals surface area contributed by atoms with Crippen LogP contribution < -0.4 is 10.5 Å². The van der Waals surface area contributed by atoms with Gasteiger partial charge in [0.05, 0.1) is 12.1 Å². The van der Waals surface area contributed by atoms with Crippen LogP contribution in [-0.4, -0.2) is 55.0 Å². The summed E-state index contributed by atoms with van der Waals surface area (Å²) in [6, 6.07) is 7.36. The minimum absolute atomic E-state index is 0.0101. The van der Waals surface area contributed by atoms with Crippen LogP contribution in [0.3, 0.4) is 0 Å². The molecule has 0 aromatic heterocycles. The van der Waals surface area contributed by atoms with E-state index in [4.69, 9.17) is 10.5 Å². The average Bonchev–Trinajstić information content (AvgIpc) is 2.57. The Hall–Kier alpha value is -1.59. The molecule has 0 unspecified atom stereocenters. The molecule has 5 heteroatoms. The van der Waals surface area contributed by atoms with Crippen molar-refractivity contribution in [3.8, 4) is 5.75 Å². The topological polar surface area (TPSA) is 58.8 Å². The summed E-state index contributed by atoms with van der Waals surface area (Å²) in [6.45, 7) is 3.53. The molecule has 2 atom stereocenters. The molecule has 1 heterocycles. The summed E-state index contributed by atoms with van der Waals surface area (Å²) in [6.07, 6.45) is 0. The van der Waals surface area contributed by atoms with E-state index in [-0.39, 0.29) is 11.9 Å². The Kier molecular flexibility index (Phi) is 4.62. The third-order valence-corrected chi connectivity index (χ3v) is 3.43. The first-order valence-corrected chi connectivity index (χ1v) is 6.90. The van der Waals surface area contributed by atoms with Crippen molar-refractivity contribution in [3.05, 3.63) is 29.8 Å². The van der Waals surface area contributed by atoms with Crippen LogP contribution in [0, 0.1) is 0 Å². The molecule has 0 saturated heterocycles. The van der Waals surface area contributed by atoms with Crippen LogP contribution in [0.1, 0.15) is 12.5 Å². The highest BCUT2D eigenvalue weighted by Gasteiger charge is 2.30. The number of nitrogens with zero attached hydrogens (tertiary/aromatic N) is 2. The number of ether oxygens (including phenoxy) is 1. The number of hydrogen-bond donors (Lipinski definition) is 1. The van der Waals surface area contributed by atoms with Gasteiger partial charge in [0, 0.05) is 18.7 Å². The summed E-state index contributed by atoms with van der Waals surface area (Å²) in [5.41, 5.74) is 6.82. The quantitative estimate of drug-likeness (QED) is 0.883. The Labute approximate surface area is 120 Å². The van der Waals surface area contributed by atoms with Gasteiger partial charge in [0.1, 0.15) is 12.4 Å². The fourth-order valence-electron chi connectivity index (χ4n) is 2.46. The molecule has 1 aromatic rings. The van der Waals surface area contributed by atoms with Gasteiger partial charge in [-0.15, -0.1) is 0 Å². The van der Waals surface area contributed by atoms with E-state index in [1.54, 1.807) is 6.92 Å². The highest BCUT2D eigenvalue weighted by Crippen LogP contribution is 2.25. The predicted octanol–water partition coefficient (Wildman–Crippen LogP) is 0.685. The predicted molar refractivity (Wildman–Crippen MR) is 78.5 cm³/mol. The monoisotopic (exact) mass is 277 g/mol. The third-order valence-electron chi connectivity index (χ3n) is 3.43. The molecule has 0 aliphatic carbocycles. The summed E-state index contributed by atoms with van der Waals surface area (Å²) >= 11 is 0. The van der Waals surface area contributed by atoms with Crippen molar-refractivity contribution in [2.24, 2.45) is 5.73 Å². The summed E-state index contributed by atoms with van der Waals surface area (Å²) in [5.74, 6) is 0.827. The highest BCUT2D eigenvalue weighted by atomic mass is 16.5. The lowest BCUT2D eigenvalue weighted by molar-refractivity contribution is -0.135. The molecule has 5 nitrogen and oxygen atoms in total. The van der Waals surface area contributed by atoms with Gasteiger partial charge in [-0.2, -0.15) is 0 Å². The summed E-state index contributed by atoms with van der Waals surface area (Å²) in [7, 11) is 3.99. The first-order chi connectivity index (χ1) is 9.49. The molecule has 20 heavy (non-hydrogen) atoms. The third kappa shape index (κ3) is 3.29. The highest BCUT2D eigenvalue weighted by molar-refractivity contribution is 5.81. The number of para-hydroxylation sites is 1. The number of likely N-dealkylation sites (N-methyl/N-ethyl adjacent to an activating group) is 1. The minimum Gasteiger partial charge on any atom is -0.491 e. The van der Waals surface area contributed by atoms with Crippen LogP contribution in [0.15, 0.2) is 24.3 Å². The maximum absolute atomic E-state index is 12.4. The maximum atomic E-state index is 12.4. The number of nitrogens with two attached hydrogens (primary N) is 1. The Balaban J connectivity index is 2.28. The number of rotatable bonds is 3. The second-order valence-corrected chi connectivity index (χ2v) is 5.59. The maximum Gasteiger partial charge on any atom is 0.239 e. The molecule has 0 radical (unpaired) electrons. The summed E-state index contributed by atoms with van der Waals surface area (Å²) in [5, 5.41) is 0. The van der Waals surface area contributed by atoms with Gasteiger partial charge in [-0.05, 0) is 27.1 Å². The van der Waals surface area contributed by atoms with E-state index in [9.17, 15) is 4.79 Å². The zero-order valence-electron chi connectivity index (χ0n) is 12.4. The van der Waals surface area contributed by atoms with E-state index in [0.29, 0.717) is 13.2 Å². The molecule has 1 amide bonds. The molecular formula is C15H23N3O2. The van der Waals surface area contributed by atoms with Gasteiger partial charge in [0.2, 0.25) is 5.91 Å². The fraction of sp³-hybridized carbons (Fsp3) is 0.533. The second kappa shape index (κ2) is 6.24. The second-order valence-electron chi connectivity index (χ2n) is 5.59. The Morgan fingerprint density at radius 2 is 2.20 bits per heavy atom. The smallest absolute Gasteiger partial charge is 0.239 e. The zero-order valence-corrected chi connectivity index (χ0v) is 12.4. The summed E-state index contributed by atoms with van der Waals surface area (Å²) in [4.78, 5) is 16.3. The van der Waals surface area contributed by atoms with Crippen LogP contribution in [0.2, 0.25) is 0 Å². The lowest BCUT2D eigenvalue weighted by Gasteiger charge is -2.32. The number of amides is 1. The molecule has 0 saturated carbocycles. The number of carbonyl (C=O) groups excluding carboxylic acids is 1. The molecule has 2 rings (SSSR count). The molecule has 1 aromatic carbocycles. The van der Waals surface area contributed by atoms with E-state index >= 15 is 0 Å². The van der Waals surface area contributed by atoms with Crippen molar-refractivity contribution in [1.29, 1.82) is 0 Å². The van der Waals surface area contributed by atoms with Crippen molar-refractivity contribution >= 4 is 5.91 Å². The lowest BCUT2D eigenvalue weighted by atomic mass is 10.1. The molecular weight excluding hydrogens is 254 g/mol. The van der Waals surface area contributed by atoms with Gasteiger partial charge >= 0.3 is 0 Å². The van der Waals surface area contributed by atoms with Gasteiger partial charge < -0.3 is 20.3 Å². The van der Waals surface area contributed by atoms with Crippen LogP contribution in [0.25, 0.3) is 0 Å². The Bertz CT molecular complexity index is 474. The molecule has 1 aliphatic heterocycles. The first-order valence-electron chi connectivity index (χ1n) is 6.90. The van der Waals surface area contributed by atoms with Gasteiger partial charge in [0.15, 0.2) is 0 Å².